The van der Waals surface area contributed by atoms with Crippen LogP contribution in [0.3, 0.4) is 0 Å². The third-order valence-electron chi connectivity index (χ3n) is 6.86. The van der Waals surface area contributed by atoms with E-state index in [1.807, 2.05) is 32.9 Å². The summed E-state index contributed by atoms with van der Waals surface area (Å²) in [5.74, 6) is -0.285. The highest BCUT2D eigenvalue weighted by atomic mass is 32.1. The van der Waals surface area contributed by atoms with Crippen molar-refractivity contribution in [2.45, 2.75) is 26.8 Å². The first-order chi connectivity index (χ1) is 18.7. The minimum atomic E-state index is -0.950. The molecule has 5 rings (SSSR count). The minimum Gasteiger partial charge on any atom is -0.507 e. The van der Waals surface area contributed by atoms with Gasteiger partial charge in [0.15, 0.2) is 16.6 Å². The first kappa shape index (κ1) is 26.2. The minimum absolute atomic E-state index is 0.0380. The molecule has 0 spiro atoms. The number of hydrogen-bond donors (Lipinski definition) is 1. The highest BCUT2D eigenvalue weighted by Gasteiger charge is 2.48. The molecule has 3 aromatic carbocycles. The van der Waals surface area contributed by atoms with Crippen molar-refractivity contribution in [2.24, 2.45) is 0 Å². The molecule has 8 nitrogen and oxygen atoms in total. The molecule has 0 unspecified atom stereocenters. The summed E-state index contributed by atoms with van der Waals surface area (Å²) in [5.41, 5.74) is 4.50. The van der Waals surface area contributed by atoms with Crippen LogP contribution in [-0.2, 0) is 9.59 Å². The summed E-state index contributed by atoms with van der Waals surface area (Å²) >= 11 is 1.33. The lowest BCUT2D eigenvalue weighted by Crippen LogP contribution is -2.29. The number of thiazole rings is 1. The summed E-state index contributed by atoms with van der Waals surface area (Å²) in [5, 5.41) is 11.9. The lowest BCUT2D eigenvalue weighted by atomic mass is 9.94. The van der Waals surface area contributed by atoms with E-state index in [0.29, 0.717) is 33.5 Å². The van der Waals surface area contributed by atoms with E-state index >= 15 is 0 Å². The average Bonchev–Trinajstić information content (AvgIpc) is 3.46. The van der Waals surface area contributed by atoms with Gasteiger partial charge >= 0.3 is 5.91 Å². The monoisotopic (exact) mass is 544 g/mol. The standard InChI is InChI=1S/C30H28N2O6S/c1-15-11-17(3)25-23(12-15)39-30(31-25)32-26(18-7-10-21(37-5)22(14-18)38-6)24(28(34)29(32)35)27(33)19-8-9-20(36-4)16(2)13-19/h7-14,26,33H,1-6H3/b27-24+/t26-/m0/s1. The van der Waals surface area contributed by atoms with E-state index in [0.717, 1.165) is 26.9 Å². The molecule has 1 N–H and O–H groups in total. The third-order valence-corrected chi connectivity index (χ3v) is 7.86. The van der Waals surface area contributed by atoms with Crippen LogP contribution >= 0.6 is 11.3 Å². The number of benzene rings is 3. The fraction of sp³-hybridized carbons (Fsp3) is 0.233. The predicted molar refractivity (Wildman–Crippen MR) is 151 cm³/mol. The number of anilines is 1. The Morgan fingerprint density at radius 3 is 2.23 bits per heavy atom. The maximum absolute atomic E-state index is 13.6. The largest absolute Gasteiger partial charge is 0.507 e. The molecule has 200 valence electrons. The van der Waals surface area contributed by atoms with Gasteiger partial charge in [-0.1, -0.05) is 23.5 Å². The van der Waals surface area contributed by atoms with Crippen LogP contribution < -0.4 is 19.1 Å². The smallest absolute Gasteiger partial charge is 0.301 e. The average molecular weight is 545 g/mol. The van der Waals surface area contributed by atoms with Crippen molar-refractivity contribution in [1.29, 1.82) is 0 Å². The number of aromatic nitrogens is 1. The Hall–Kier alpha value is -4.37. The zero-order valence-electron chi connectivity index (χ0n) is 22.5. The molecule has 1 aromatic heterocycles. The number of amides is 1. The van der Waals surface area contributed by atoms with Crippen molar-refractivity contribution in [3.05, 3.63) is 81.9 Å². The number of nitrogens with zero attached hydrogens (tertiary/aromatic N) is 2. The SMILES string of the molecule is COc1ccc(/C(O)=C2\C(=O)C(=O)N(c3nc4c(C)cc(C)cc4s3)[C@H]2c2ccc(OC)c(OC)c2)cc1C. The zero-order chi connectivity index (χ0) is 28.0. The molecule has 1 aliphatic heterocycles. The molecular formula is C30H28N2O6S. The Morgan fingerprint density at radius 1 is 0.872 bits per heavy atom. The molecule has 0 saturated carbocycles. The van der Waals surface area contributed by atoms with Gasteiger partial charge in [-0.3, -0.25) is 14.5 Å². The summed E-state index contributed by atoms with van der Waals surface area (Å²) in [6, 6.07) is 13.3. The van der Waals surface area contributed by atoms with Crippen molar-refractivity contribution < 1.29 is 28.9 Å². The summed E-state index contributed by atoms with van der Waals surface area (Å²) < 4.78 is 17.2. The molecule has 39 heavy (non-hydrogen) atoms. The van der Waals surface area contributed by atoms with Crippen molar-refractivity contribution in [3.8, 4) is 17.2 Å². The van der Waals surface area contributed by atoms with Crippen LogP contribution in [0.1, 0.15) is 33.9 Å². The molecule has 0 aliphatic carbocycles. The van der Waals surface area contributed by atoms with Gasteiger partial charge in [0.1, 0.15) is 11.5 Å². The molecule has 1 atom stereocenters. The van der Waals surface area contributed by atoms with Crippen molar-refractivity contribution in [3.63, 3.8) is 0 Å². The molecule has 1 amide bonds. The summed E-state index contributed by atoms with van der Waals surface area (Å²) in [6.45, 7) is 5.80. The van der Waals surface area contributed by atoms with Crippen LogP contribution in [0.2, 0.25) is 0 Å². The van der Waals surface area contributed by atoms with Gasteiger partial charge in [0, 0.05) is 5.56 Å². The number of ketones is 1. The molecule has 4 aromatic rings. The lowest BCUT2D eigenvalue weighted by molar-refractivity contribution is -0.132. The van der Waals surface area contributed by atoms with Gasteiger partial charge in [0.25, 0.3) is 5.78 Å². The summed E-state index contributed by atoms with van der Waals surface area (Å²) in [4.78, 5) is 33.4. The Balaban J connectivity index is 1.76. The van der Waals surface area contributed by atoms with Crippen molar-refractivity contribution in [2.75, 3.05) is 26.2 Å². The van der Waals surface area contributed by atoms with Crippen LogP contribution in [0, 0.1) is 20.8 Å². The summed E-state index contributed by atoms with van der Waals surface area (Å²) in [7, 11) is 4.60. The number of Topliss-reactive ketones (excluding diaryl/α,β-unsaturated/α-hetero) is 1. The van der Waals surface area contributed by atoms with Gasteiger partial charge in [-0.15, -0.1) is 0 Å². The molecule has 2 heterocycles. The van der Waals surface area contributed by atoms with Crippen LogP contribution in [-0.4, -0.2) is 43.1 Å². The quantitative estimate of drug-likeness (QED) is 0.184. The Kier molecular flexibility index (Phi) is 6.78. The van der Waals surface area contributed by atoms with Gasteiger partial charge in [-0.2, -0.15) is 0 Å². The molecule has 9 heteroatoms. The molecule has 1 aliphatic rings. The number of aryl methyl sites for hydroxylation is 3. The van der Waals surface area contributed by atoms with E-state index < -0.39 is 17.7 Å². The van der Waals surface area contributed by atoms with E-state index in [9.17, 15) is 14.7 Å². The maximum atomic E-state index is 13.6. The first-order valence-electron chi connectivity index (χ1n) is 12.2. The van der Waals surface area contributed by atoms with Gasteiger partial charge in [0.05, 0.1) is 43.2 Å². The number of fused-ring (bicyclic) bond motifs is 1. The summed E-state index contributed by atoms with van der Waals surface area (Å²) in [6.07, 6.45) is 0. The molecule has 1 fully saturated rings. The Morgan fingerprint density at radius 2 is 1.56 bits per heavy atom. The second kappa shape index (κ2) is 10.1. The first-order valence-corrected chi connectivity index (χ1v) is 13.1. The molecular weight excluding hydrogens is 516 g/mol. The van der Waals surface area contributed by atoms with Crippen LogP contribution in [0.15, 0.2) is 54.1 Å². The highest BCUT2D eigenvalue weighted by molar-refractivity contribution is 7.22. The van der Waals surface area contributed by atoms with Crippen molar-refractivity contribution >= 4 is 44.1 Å². The van der Waals surface area contributed by atoms with Gasteiger partial charge in [-0.05, 0) is 79.4 Å². The normalized spacial score (nSPS) is 16.7. The van der Waals surface area contributed by atoms with E-state index in [4.69, 9.17) is 19.2 Å². The number of carbonyl (C=O) groups excluding carboxylic acids is 2. The van der Waals surface area contributed by atoms with Crippen molar-refractivity contribution in [1.82, 2.24) is 4.98 Å². The zero-order valence-corrected chi connectivity index (χ0v) is 23.3. The Labute approximate surface area is 230 Å². The van der Waals surface area contributed by atoms with Crippen LogP contribution in [0.25, 0.3) is 16.0 Å². The fourth-order valence-electron chi connectivity index (χ4n) is 5.01. The fourth-order valence-corrected chi connectivity index (χ4v) is 6.18. The highest BCUT2D eigenvalue weighted by Crippen LogP contribution is 2.46. The van der Waals surface area contributed by atoms with Crippen LogP contribution in [0.4, 0.5) is 5.13 Å². The number of hydrogen-bond acceptors (Lipinski definition) is 8. The number of aliphatic hydroxyl groups is 1. The topological polar surface area (TPSA) is 98.2 Å². The van der Waals surface area contributed by atoms with Gasteiger partial charge in [-0.25, -0.2) is 4.98 Å². The Bertz CT molecular complexity index is 1670. The second-order valence-electron chi connectivity index (χ2n) is 9.39. The third kappa shape index (κ3) is 4.38. The maximum Gasteiger partial charge on any atom is 0.301 e. The van der Waals surface area contributed by atoms with E-state index in [2.05, 4.69) is 0 Å². The van der Waals surface area contributed by atoms with Gasteiger partial charge < -0.3 is 19.3 Å². The predicted octanol–water partition coefficient (Wildman–Crippen LogP) is 5.87. The van der Waals surface area contributed by atoms with E-state index in [1.54, 1.807) is 43.5 Å². The molecule has 1 saturated heterocycles. The molecule has 0 bridgehead atoms. The lowest BCUT2D eigenvalue weighted by Gasteiger charge is -2.24. The number of ether oxygens (including phenoxy) is 3. The molecule has 0 radical (unpaired) electrons. The van der Waals surface area contributed by atoms with E-state index in [-0.39, 0.29) is 11.3 Å². The second-order valence-corrected chi connectivity index (χ2v) is 10.4. The number of methoxy groups -OCH3 is 3. The van der Waals surface area contributed by atoms with Gasteiger partial charge in [0.2, 0.25) is 0 Å². The number of aliphatic hydroxyl groups excluding tert-OH is 1. The van der Waals surface area contributed by atoms with E-state index in [1.165, 1.54) is 30.5 Å². The van der Waals surface area contributed by atoms with Crippen LogP contribution in [0.5, 0.6) is 17.2 Å². The number of carbonyl (C=O) groups is 2. The number of rotatable bonds is 6.